The Hall–Kier alpha value is -0.170. The van der Waals surface area contributed by atoms with Crippen LogP contribution in [0.25, 0.3) is 0 Å². The Bertz CT molecular complexity index is 163. The Morgan fingerprint density at radius 3 is 2.25 bits per heavy atom. The maximum absolute atomic E-state index is 4.25. The molecule has 1 aliphatic carbocycles. The Balaban J connectivity index is 2.79. The molecule has 1 aliphatic rings. The lowest BCUT2D eigenvalue weighted by Crippen LogP contribution is -1.69. The first-order valence-corrected chi connectivity index (χ1v) is 3.21. The maximum Gasteiger partial charge on any atom is 0.00319 e. The Kier molecular flexibility index (Phi) is 1.47. The molecule has 0 aromatic carbocycles. The van der Waals surface area contributed by atoms with Crippen molar-refractivity contribution in [2.24, 2.45) is 0 Å². The predicted octanol–water partition coefficient (Wildman–Crippen LogP) is 2.54. The summed E-state index contributed by atoms with van der Waals surface area (Å²) in [5.74, 6) is 0. The zero-order valence-corrected chi connectivity index (χ0v) is 6.13. The summed E-state index contributed by atoms with van der Waals surface area (Å²) in [7, 11) is 0. The van der Waals surface area contributed by atoms with Crippen molar-refractivity contribution in [2.75, 3.05) is 0 Å². The molecule has 0 unspecified atom stereocenters. The summed E-state index contributed by atoms with van der Waals surface area (Å²) in [6.45, 7) is 4.25. The predicted molar refractivity (Wildman–Crippen MR) is 40.1 cm³/mol. The number of rotatable bonds is 0. The van der Waals surface area contributed by atoms with Crippen LogP contribution >= 0.6 is 12.6 Å². The van der Waals surface area contributed by atoms with Crippen LogP contribution in [0.2, 0.25) is 0 Å². The Labute approximate surface area is 55.7 Å². The van der Waals surface area contributed by atoms with Crippen LogP contribution < -0.4 is 0 Å². The molecule has 0 heterocycles. The van der Waals surface area contributed by atoms with Crippen LogP contribution in [0.1, 0.15) is 20.3 Å². The topological polar surface area (TPSA) is 0 Å². The van der Waals surface area contributed by atoms with Crippen LogP contribution in [0.3, 0.4) is 0 Å². The average Bonchev–Trinajstić information content (AvgIpc) is 1.85. The van der Waals surface area contributed by atoms with Crippen LogP contribution in [-0.4, -0.2) is 0 Å². The third kappa shape index (κ3) is 0.972. The van der Waals surface area contributed by atoms with Crippen LogP contribution in [-0.2, 0) is 0 Å². The van der Waals surface area contributed by atoms with Gasteiger partial charge in [-0.2, -0.15) is 0 Å². The van der Waals surface area contributed by atoms with E-state index < -0.39 is 0 Å². The first kappa shape index (κ1) is 5.96. The van der Waals surface area contributed by atoms with Crippen molar-refractivity contribution in [2.45, 2.75) is 20.3 Å². The third-order valence-electron chi connectivity index (χ3n) is 1.36. The lowest BCUT2D eigenvalue weighted by Gasteiger charge is -1.89. The fraction of sp³-hybridized carbons (Fsp3) is 0.429. The van der Waals surface area contributed by atoms with E-state index in [0.717, 1.165) is 11.3 Å². The molecular formula is C7H10S. The van der Waals surface area contributed by atoms with Crippen molar-refractivity contribution >= 4 is 12.6 Å². The first-order chi connectivity index (χ1) is 3.70. The molecule has 0 nitrogen and oxygen atoms in total. The first-order valence-electron chi connectivity index (χ1n) is 2.76. The molecule has 0 aliphatic heterocycles. The second kappa shape index (κ2) is 1.98. The highest BCUT2D eigenvalue weighted by atomic mass is 32.1. The van der Waals surface area contributed by atoms with Crippen molar-refractivity contribution in [1.29, 1.82) is 0 Å². The summed E-state index contributed by atoms with van der Waals surface area (Å²) < 4.78 is 0. The van der Waals surface area contributed by atoms with Gasteiger partial charge in [0, 0.05) is 4.91 Å². The van der Waals surface area contributed by atoms with Crippen LogP contribution in [0, 0.1) is 0 Å². The van der Waals surface area contributed by atoms with Crippen molar-refractivity contribution in [3.8, 4) is 0 Å². The monoisotopic (exact) mass is 126 g/mol. The summed E-state index contributed by atoms with van der Waals surface area (Å²) in [5.41, 5.74) is 2.82. The summed E-state index contributed by atoms with van der Waals surface area (Å²) in [4.78, 5) is 1.16. The molecule has 8 heavy (non-hydrogen) atoms. The fourth-order valence-corrected chi connectivity index (χ4v) is 1.22. The molecule has 0 aromatic rings. The van der Waals surface area contributed by atoms with Gasteiger partial charge >= 0.3 is 0 Å². The van der Waals surface area contributed by atoms with Gasteiger partial charge in [0.05, 0.1) is 0 Å². The van der Waals surface area contributed by atoms with Gasteiger partial charge in [-0.05, 0) is 26.3 Å². The van der Waals surface area contributed by atoms with Crippen molar-refractivity contribution in [3.05, 3.63) is 22.1 Å². The van der Waals surface area contributed by atoms with E-state index in [0.29, 0.717) is 0 Å². The van der Waals surface area contributed by atoms with Gasteiger partial charge in [0.1, 0.15) is 0 Å². The SMILES string of the molecule is CC1=CC(S)=C(C)C1. The standard InChI is InChI=1S/C7H10S/c1-5-3-6(2)7(8)4-5/h4,8H,3H2,1-2H3. The molecule has 0 radical (unpaired) electrons. The number of hydrogen-bond acceptors (Lipinski definition) is 1. The molecule has 0 saturated carbocycles. The minimum Gasteiger partial charge on any atom is -0.143 e. The smallest absolute Gasteiger partial charge is 0.00319 e. The number of hydrogen-bond donors (Lipinski definition) is 1. The molecule has 0 atom stereocenters. The van der Waals surface area contributed by atoms with Crippen LogP contribution in [0.15, 0.2) is 22.1 Å². The van der Waals surface area contributed by atoms with Gasteiger partial charge in [-0.1, -0.05) is 11.1 Å². The van der Waals surface area contributed by atoms with E-state index in [1.165, 1.54) is 11.1 Å². The molecule has 0 spiro atoms. The summed E-state index contributed by atoms with van der Waals surface area (Å²) in [6, 6.07) is 0. The van der Waals surface area contributed by atoms with E-state index >= 15 is 0 Å². The minimum atomic E-state index is 1.12. The summed E-state index contributed by atoms with van der Waals surface area (Å²) in [6.07, 6.45) is 3.25. The maximum atomic E-state index is 4.25. The van der Waals surface area contributed by atoms with Gasteiger partial charge in [-0.25, -0.2) is 0 Å². The van der Waals surface area contributed by atoms with E-state index in [4.69, 9.17) is 0 Å². The molecule has 0 amide bonds. The van der Waals surface area contributed by atoms with Crippen molar-refractivity contribution in [1.82, 2.24) is 0 Å². The summed E-state index contributed by atoms with van der Waals surface area (Å²) >= 11 is 4.25. The molecule has 0 N–H and O–H groups in total. The normalized spacial score (nSPS) is 19.6. The van der Waals surface area contributed by atoms with Gasteiger partial charge in [-0.3, -0.25) is 0 Å². The van der Waals surface area contributed by atoms with Gasteiger partial charge in [-0.15, -0.1) is 12.6 Å². The van der Waals surface area contributed by atoms with Gasteiger partial charge in [0.2, 0.25) is 0 Å². The van der Waals surface area contributed by atoms with E-state index in [1.54, 1.807) is 0 Å². The van der Waals surface area contributed by atoms with E-state index in [-0.39, 0.29) is 0 Å². The highest BCUT2D eigenvalue weighted by Crippen LogP contribution is 2.25. The molecule has 0 saturated heterocycles. The lowest BCUT2D eigenvalue weighted by molar-refractivity contribution is 1.15. The molecular weight excluding hydrogens is 116 g/mol. The van der Waals surface area contributed by atoms with Crippen molar-refractivity contribution < 1.29 is 0 Å². The number of allylic oxidation sites excluding steroid dienone is 3. The van der Waals surface area contributed by atoms with E-state index in [9.17, 15) is 0 Å². The Morgan fingerprint density at radius 2 is 2.12 bits per heavy atom. The van der Waals surface area contributed by atoms with Crippen LogP contribution in [0.4, 0.5) is 0 Å². The lowest BCUT2D eigenvalue weighted by atomic mass is 10.2. The zero-order valence-electron chi connectivity index (χ0n) is 5.23. The van der Waals surface area contributed by atoms with Crippen LogP contribution in [0.5, 0.6) is 0 Å². The zero-order chi connectivity index (χ0) is 6.15. The molecule has 0 bridgehead atoms. The summed E-state index contributed by atoms with van der Waals surface area (Å²) in [5, 5.41) is 0. The number of thiol groups is 1. The highest BCUT2D eigenvalue weighted by Gasteiger charge is 2.03. The average molecular weight is 126 g/mol. The minimum absolute atomic E-state index is 1.12. The van der Waals surface area contributed by atoms with Gasteiger partial charge in [0.25, 0.3) is 0 Å². The third-order valence-corrected chi connectivity index (χ3v) is 1.88. The second-order valence-corrected chi connectivity index (χ2v) is 2.81. The van der Waals surface area contributed by atoms with Gasteiger partial charge in [0.15, 0.2) is 0 Å². The molecule has 0 aromatic heterocycles. The molecule has 1 heteroatoms. The quantitative estimate of drug-likeness (QED) is 0.474. The fourth-order valence-electron chi connectivity index (χ4n) is 0.916. The molecule has 0 fully saturated rings. The Morgan fingerprint density at radius 1 is 1.50 bits per heavy atom. The van der Waals surface area contributed by atoms with E-state index in [1.807, 2.05) is 0 Å². The highest BCUT2D eigenvalue weighted by molar-refractivity contribution is 7.84. The molecule has 44 valence electrons. The van der Waals surface area contributed by atoms with E-state index in [2.05, 4.69) is 32.6 Å². The largest absolute Gasteiger partial charge is 0.143 e. The van der Waals surface area contributed by atoms with Crippen molar-refractivity contribution in [3.63, 3.8) is 0 Å². The second-order valence-electron chi connectivity index (χ2n) is 2.33. The van der Waals surface area contributed by atoms with Gasteiger partial charge < -0.3 is 0 Å². The molecule has 1 rings (SSSR count).